The third kappa shape index (κ3) is 5.80. The Balaban J connectivity index is 1.24. The van der Waals surface area contributed by atoms with Gasteiger partial charge in [0.1, 0.15) is 10.4 Å². The molecule has 3 fully saturated rings. The Bertz CT molecular complexity index is 1760. The van der Waals surface area contributed by atoms with Crippen molar-refractivity contribution < 1.29 is 26.4 Å². The summed E-state index contributed by atoms with van der Waals surface area (Å²) >= 11 is 0.745. The number of aromatic nitrogens is 2. The molecular formula is C31H35F3N6O3S2. The predicted molar refractivity (Wildman–Crippen MR) is 167 cm³/mol. The van der Waals surface area contributed by atoms with Crippen LogP contribution in [0.15, 0.2) is 35.4 Å². The Morgan fingerprint density at radius 1 is 1.04 bits per heavy atom. The summed E-state index contributed by atoms with van der Waals surface area (Å²) in [5, 5.41) is 3.16. The van der Waals surface area contributed by atoms with Gasteiger partial charge in [0.2, 0.25) is 5.95 Å². The number of piperazine rings is 1. The highest BCUT2D eigenvalue weighted by Crippen LogP contribution is 2.46. The number of halogens is 3. The Morgan fingerprint density at radius 2 is 1.76 bits per heavy atom. The fourth-order valence-electron chi connectivity index (χ4n) is 6.33. The second-order valence-electron chi connectivity index (χ2n) is 12.7. The Morgan fingerprint density at radius 3 is 2.40 bits per heavy atom. The number of carbonyl (C=O) groups excluding carboxylic acids is 1. The molecule has 1 amide bonds. The van der Waals surface area contributed by atoms with E-state index in [1.54, 1.807) is 0 Å². The Labute approximate surface area is 264 Å². The smallest absolute Gasteiger partial charge is 0.368 e. The van der Waals surface area contributed by atoms with E-state index >= 15 is 0 Å². The molecule has 2 saturated carbocycles. The van der Waals surface area contributed by atoms with Crippen molar-refractivity contribution in [2.75, 3.05) is 42.7 Å². The number of sulfone groups is 1. The molecule has 4 heterocycles. The van der Waals surface area contributed by atoms with Crippen molar-refractivity contribution in [3.63, 3.8) is 0 Å². The molecule has 7 rings (SSSR count). The van der Waals surface area contributed by atoms with E-state index in [4.69, 9.17) is 0 Å². The molecule has 0 spiro atoms. The molecule has 9 nitrogen and oxygen atoms in total. The first kappa shape index (κ1) is 30.4. The van der Waals surface area contributed by atoms with Gasteiger partial charge >= 0.3 is 6.18 Å². The summed E-state index contributed by atoms with van der Waals surface area (Å²) in [5.74, 6) is -0.425. The fraction of sp³-hybridized carbons (Fsp3) is 0.516. The number of nitrogens with zero attached hydrogens (tertiary/aromatic N) is 5. The summed E-state index contributed by atoms with van der Waals surface area (Å²) < 4.78 is 68.9. The van der Waals surface area contributed by atoms with Crippen molar-refractivity contribution in [1.29, 1.82) is 0 Å². The average molecular weight is 661 g/mol. The van der Waals surface area contributed by atoms with Crippen LogP contribution in [0.5, 0.6) is 0 Å². The number of anilines is 3. The maximum Gasteiger partial charge on any atom is 0.420 e. The highest BCUT2D eigenvalue weighted by atomic mass is 32.2. The molecule has 240 valence electrons. The lowest BCUT2D eigenvalue weighted by Gasteiger charge is -2.43. The van der Waals surface area contributed by atoms with Crippen molar-refractivity contribution in [1.82, 2.24) is 19.8 Å². The molecule has 3 aromatic rings. The van der Waals surface area contributed by atoms with Gasteiger partial charge in [0, 0.05) is 55.3 Å². The molecular weight excluding hydrogens is 626 g/mol. The van der Waals surface area contributed by atoms with Gasteiger partial charge in [-0.05, 0) is 82.3 Å². The first-order valence-corrected chi connectivity index (χ1v) is 17.8. The van der Waals surface area contributed by atoms with Gasteiger partial charge in [-0.25, -0.2) is 18.4 Å². The van der Waals surface area contributed by atoms with Crippen molar-refractivity contribution in [2.24, 2.45) is 0 Å². The van der Waals surface area contributed by atoms with Gasteiger partial charge in [0.15, 0.2) is 9.84 Å². The van der Waals surface area contributed by atoms with Crippen LogP contribution in [-0.2, 0) is 16.0 Å². The molecule has 0 unspecified atom stereocenters. The number of carbonyl (C=O) groups is 1. The van der Waals surface area contributed by atoms with Gasteiger partial charge < -0.3 is 15.1 Å². The Hall–Kier alpha value is -3.23. The number of hydrogen-bond donors (Lipinski definition) is 1. The molecule has 2 aliphatic carbocycles. The largest absolute Gasteiger partial charge is 0.420 e. The van der Waals surface area contributed by atoms with Gasteiger partial charge in [0.25, 0.3) is 5.91 Å². The lowest BCUT2D eigenvalue weighted by molar-refractivity contribution is -0.137. The number of rotatable bonds is 6. The van der Waals surface area contributed by atoms with Crippen LogP contribution in [0, 0.1) is 0 Å². The van der Waals surface area contributed by atoms with Crippen LogP contribution in [0.25, 0.3) is 10.6 Å². The number of likely N-dealkylation sites (N-methyl/N-ethyl adjacent to an activating group) is 1. The van der Waals surface area contributed by atoms with Crippen LogP contribution in [0.2, 0.25) is 0 Å². The summed E-state index contributed by atoms with van der Waals surface area (Å²) in [5.41, 5.74) is 1.35. The second-order valence-corrected chi connectivity index (χ2v) is 15.9. The van der Waals surface area contributed by atoms with Crippen molar-refractivity contribution in [2.45, 2.75) is 74.6 Å². The highest BCUT2D eigenvalue weighted by molar-refractivity contribution is 7.91. The molecule has 14 heteroatoms. The number of amides is 1. The number of thiophene rings is 1. The molecule has 0 radical (unpaired) electrons. The van der Waals surface area contributed by atoms with Crippen LogP contribution in [0.1, 0.15) is 66.2 Å². The van der Waals surface area contributed by atoms with Crippen LogP contribution in [0.3, 0.4) is 0 Å². The molecule has 1 aromatic carbocycles. The lowest BCUT2D eigenvalue weighted by atomic mass is 10.0. The maximum atomic E-state index is 14.2. The molecule has 2 aromatic heterocycles. The summed E-state index contributed by atoms with van der Waals surface area (Å²) in [6.45, 7) is 6.28. The highest BCUT2D eigenvalue weighted by Gasteiger charge is 2.42. The third-order valence-corrected chi connectivity index (χ3v) is 12.4. The van der Waals surface area contributed by atoms with Gasteiger partial charge in [-0.2, -0.15) is 13.2 Å². The minimum absolute atomic E-state index is 0.0279. The molecule has 2 atom stereocenters. The van der Waals surface area contributed by atoms with E-state index in [2.05, 4.69) is 52.0 Å². The normalized spacial score (nSPS) is 24.0. The van der Waals surface area contributed by atoms with E-state index in [9.17, 15) is 26.4 Å². The monoisotopic (exact) mass is 660 g/mol. The number of benzene rings is 1. The molecule has 4 aliphatic rings. The molecule has 1 N–H and O–H groups in total. The SMILES string of the molecule is C[C@@H]1CN(c2ccc(Nc3ncc(C(F)(F)F)c(-c4cc5c(s4)C(=O)N(C4CC4)CCS5(=O)=O)n3)c(C3CC3)c2)C[C@H](C)N1C. The summed E-state index contributed by atoms with van der Waals surface area (Å²) in [6, 6.07) is 8.04. The van der Waals surface area contributed by atoms with E-state index in [0.717, 1.165) is 73.2 Å². The average Bonchev–Trinajstić information content (AvgIpc) is 3.93. The minimum Gasteiger partial charge on any atom is -0.368 e. The third-order valence-electron chi connectivity index (χ3n) is 9.43. The van der Waals surface area contributed by atoms with Crippen molar-refractivity contribution in [3.8, 4) is 10.6 Å². The lowest BCUT2D eigenvalue weighted by Crippen LogP contribution is -2.55. The first-order valence-electron chi connectivity index (χ1n) is 15.3. The van der Waals surface area contributed by atoms with E-state index in [-0.39, 0.29) is 38.9 Å². The zero-order chi connectivity index (χ0) is 31.8. The molecule has 2 aliphatic heterocycles. The molecule has 45 heavy (non-hydrogen) atoms. The number of fused-ring (bicyclic) bond motifs is 1. The molecule has 1 saturated heterocycles. The van der Waals surface area contributed by atoms with Gasteiger partial charge in [-0.15, -0.1) is 11.3 Å². The van der Waals surface area contributed by atoms with Gasteiger partial charge in [0.05, 0.1) is 21.2 Å². The summed E-state index contributed by atoms with van der Waals surface area (Å²) in [4.78, 5) is 27.6. The van der Waals surface area contributed by atoms with Crippen LogP contribution < -0.4 is 10.2 Å². The van der Waals surface area contributed by atoms with Crippen LogP contribution >= 0.6 is 11.3 Å². The van der Waals surface area contributed by atoms with Crippen LogP contribution in [0.4, 0.5) is 30.5 Å². The van der Waals surface area contributed by atoms with E-state index < -0.39 is 33.2 Å². The standard InChI is InChI=1S/C31H35F3N6O3S2/c1-17-15-39(16-18(2)38(17)3)21-8-9-24(22(12-21)19-4-5-19)36-30-35-14-23(31(32,33)34)27(37-30)25-13-26-28(44-25)29(41)40(20-6-7-20)10-11-45(26,42)43/h8-9,12-14,17-20H,4-7,10-11,15-16H2,1-3H3,(H,35,36,37)/t17-,18+. The quantitative estimate of drug-likeness (QED) is 0.356. The Kier molecular flexibility index (Phi) is 7.40. The van der Waals surface area contributed by atoms with Crippen molar-refractivity contribution >= 4 is 44.4 Å². The topological polar surface area (TPSA) is 98.7 Å². The van der Waals surface area contributed by atoms with E-state index in [1.165, 1.54) is 11.0 Å². The first-order chi connectivity index (χ1) is 21.3. The second kappa shape index (κ2) is 10.9. The fourth-order valence-corrected chi connectivity index (χ4v) is 9.25. The predicted octanol–water partition coefficient (Wildman–Crippen LogP) is 5.77. The van der Waals surface area contributed by atoms with Gasteiger partial charge in [-0.3, -0.25) is 9.69 Å². The zero-order valence-electron chi connectivity index (χ0n) is 25.3. The summed E-state index contributed by atoms with van der Waals surface area (Å²) in [7, 11) is -1.74. The minimum atomic E-state index is -4.80. The maximum absolute atomic E-state index is 14.2. The van der Waals surface area contributed by atoms with Crippen molar-refractivity contribution in [3.05, 3.63) is 46.5 Å². The molecule has 0 bridgehead atoms. The van der Waals surface area contributed by atoms with E-state index in [0.29, 0.717) is 18.0 Å². The van der Waals surface area contributed by atoms with Crippen LogP contribution in [-0.4, -0.2) is 84.7 Å². The zero-order valence-corrected chi connectivity index (χ0v) is 26.9. The number of alkyl halides is 3. The number of hydrogen-bond acceptors (Lipinski definition) is 9. The number of nitrogens with one attached hydrogen (secondary N) is 1. The van der Waals surface area contributed by atoms with E-state index in [1.807, 2.05) is 12.1 Å². The van der Waals surface area contributed by atoms with Gasteiger partial charge in [-0.1, -0.05) is 0 Å². The summed E-state index contributed by atoms with van der Waals surface area (Å²) in [6.07, 6.45) is -0.454.